The highest BCUT2D eigenvalue weighted by Crippen LogP contribution is 2.29. The fourth-order valence-corrected chi connectivity index (χ4v) is 2.73. The van der Waals surface area contributed by atoms with E-state index in [0.717, 1.165) is 0 Å². The average molecular weight is 423 g/mol. The number of hydrogen-bond acceptors (Lipinski definition) is 7. The van der Waals surface area contributed by atoms with Crippen LogP contribution in [0.15, 0.2) is 71.8 Å². The molecule has 0 aliphatic carbocycles. The lowest BCUT2D eigenvalue weighted by atomic mass is 10.1. The van der Waals surface area contributed by atoms with E-state index in [4.69, 9.17) is 19.3 Å². The van der Waals surface area contributed by atoms with E-state index in [1.807, 2.05) is 6.07 Å². The molecule has 8 nitrogen and oxygen atoms in total. The van der Waals surface area contributed by atoms with Crippen LogP contribution in [0.4, 0.5) is 5.69 Å². The molecule has 1 aliphatic rings. The summed E-state index contributed by atoms with van der Waals surface area (Å²) in [4.78, 5) is 35.7. The molecule has 2 aromatic carbocycles. The van der Waals surface area contributed by atoms with E-state index in [2.05, 4.69) is 5.32 Å². The normalized spacial score (nSPS) is 14.4. The number of aliphatic carboxylic acids is 1. The summed E-state index contributed by atoms with van der Waals surface area (Å²) in [6.07, 6.45) is 1.40. The highest BCUT2D eigenvalue weighted by atomic mass is 16.5. The van der Waals surface area contributed by atoms with Gasteiger partial charge in [0.1, 0.15) is 5.75 Å². The molecule has 0 atom stereocenters. The number of carbonyl (C=O) groups is 3. The molecular weight excluding hydrogens is 402 g/mol. The first kappa shape index (κ1) is 21.6. The van der Waals surface area contributed by atoms with Gasteiger partial charge >= 0.3 is 11.9 Å². The van der Waals surface area contributed by atoms with E-state index in [9.17, 15) is 14.4 Å². The Hall–Kier alpha value is -4.07. The topological polar surface area (TPSA) is 111 Å². The monoisotopic (exact) mass is 423 g/mol. The van der Waals surface area contributed by atoms with Crippen LogP contribution in [0, 0.1) is 0 Å². The summed E-state index contributed by atoms with van der Waals surface area (Å²) in [5, 5.41) is 11.6. The van der Waals surface area contributed by atoms with Crippen LogP contribution in [0.1, 0.15) is 18.9 Å². The van der Waals surface area contributed by atoms with Crippen LogP contribution in [0.5, 0.6) is 5.75 Å². The number of Topliss-reactive ketones (excluding diaryl/α,β-unsaturated/α-hetero) is 1. The third-order valence-electron chi connectivity index (χ3n) is 4.16. The number of esters is 1. The van der Waals surface area contributed by atoms with Gasteiger partial charge in [0.15, 0.2) is 11.3 Å². The molecule has 8 heteroatoms. The van der Waals surface area contributed by atoms with Gasteiger partial charge in [-0.3, -0.25) is 9.59 Å². The van der Waals surface area contributed by atoms with Crippen molar-refractivity contribution >= 4 is 29.5 Å². The second kappa shape index (κ2) is 10.1. The third kappa shape index (κ3) is 5.72. The minimum atomic E-state index is -0.942. The summed E-state index contributed by atoms with van der Waals surface area (Å²) in [5.41, 5.74) is 1.08. The number of carboxylic acid groups (broad SMARTS) is 1. The Kier molecular flexibility index (Phi) is 7.05. The van der Waals surface area contributed by atoms with Gasteiger partial charge in [0.05, 0.1) is 19.6 Å². The third-order valence-corrected chi connectivity index (χ3v) is 4.16. The van der Waals surface area contributed by atoms with Crippen LogP contribution >= 0.6 is 0 Å². The van der Waals surface area contributed by atoms with Crippen molar-refractivity contribution in [2.24, 2.45) is 0 Å². The molecule has 1 heterocycles. The van der Waals surface area contributed by atoms with Crippen molar-refractivity contribution in [2.45, 2.75) is 13.3 Å². The van der Waals surface area contributed by atoms with Crippen LogP contribution in [-0.2, 0) is 23.9 Å². The molecule has 3 rings (SSSR count). The lowest BCUT2D eigenvalue weighted by Gasteiger charge is -2.08. The molecule has 2 aromatic rings. The predicted molar refractivity (Wildman–Crippen MR) is 112 cm³/mol. The van der Waals surface area contributed by atoms with Crippen LogP contribution in [-0.4, -0.2) is 36.0 Å². The standard InChI is InChI=1S/C23H21NO7/c1-2-29-23(28)20-21(27)18(31-22(20)24-16-6-4-3-5-7-16)14-15-8-10-17(11-9-15)30-13-12-19(25)26/h3-11,14,24H,2,12-13H2,1H3,(H,25,26)/b18-14-. The van der Waals surface area contributed by atoms with Gasteiger partial charge in [-0.25, -0.2) is 4.79 Å². The minimum Gasteiger partial charge on any atom is -0.493 e. The molecule has 0 saturated carbocycles. The number of benzene rings is 2. The first-order chi connectivity index (χ1) is 15.0. The molecule has 0 aromatic heterocycles. The Bertz CT molecular complexity index is 1020. The summed E-state index contributed by atoms with van der Waals surface area (Å²) in [6.45, 7) is 1.83. The highest BCUT2D eigenvalue weighted by molar-refractivity contribution is 6.26. The lowest BCUT2D eigenvalue weighted by molar-refractivity contribution is -0.140. The summed E-state index contributed by atoms with van der Waals surface area (Å²) in [5.74, 6) is -1.81. The highest BCUT2D eigenvalue weighted by Gasteiger charge is 2.36. The first-order valence-electron chi connectivity index (χ1n) is 9.60. The van der Waals surface area contributed by atoms with Gasteiger partial charge in [0.2, 0.25) is 11.7 Å². The predicted octanol–water partition coefficient (Wildman–Crippen LogP) is 3.37. The maximum absolute atomic E-state index is 12.8. The molecule has 0 amide bonds. The first-order valence-corrected chi connectivity index (χ1v) is 9.60. The number of allylic oxidation sites excluding steroid dienone is 1. The Balaban J connectivity index is 1.78. The molecule has 160 valence electrons. The summed E-state index contributed by atoms with van der Waals surface area (Å²) < 4.78 is 16.0. The van der Waals surface area contributed by atoms with Gasteiger partial charge in [0.25, 0.3) is 0 Å². The van der Waals surface area contributed by atoms with E-state index in [-0.39, 0.29) is 36.8 Å². The van der Waals surface area contributed by atoms with Gasteiger partial charge in [0, 0.05) is 5.69 Å². The van der Waals surface area contributed by atoms with Crippen molar-refractivity contribution in [3.8, 4) is 5.75 Å². The quantitative estimate of drug-likeness (QED) is 0.359. The maximum Gasteiger partial charge on any atom is 0.347 e. The van der Waals surface area contributed by atoms with Crippen molar-refractivity contribution in [3.63, 3.8) is 0 Å². The molecule has 0 spiro atoms. The number of hydrogen-bond donors (Lipinski definition) is 2. The van der Waals surface area contributed by atoms with Gasteiger partial charge < -0.3 is 24.6 Å². The van der Waals surface area contributed by atoms with Crippen LogP contribution < -0.4 is 10.1 Å². The number of ether oxygens (including phenoxy) is 3. The summed E-state index contributed by atoms with van der Waals surface area (Å²) >= 11 is 0. The number of carboxylic acids is 1. The number of rotatable bonds is 9. The number of carbonyl (C=O) groups excluding carboxylic acids is 2. The molecule has 31 heavy (non-hydrogen) atoms. The lowest BCUT2D eigenvalue weighted by Crippen LogP contribution is -2.16. The van der Waals surface area contributed by atoms with E-state index < -0.39 is 17.7 Å². The van der Waals surface area contributed by atoms with E-state index in [1.54, 1.807) is 55.5 Å². The van der Waals surface area contributed by atoms with Crippen molar-refractivity contribution < 1.29 is 33.7 Å². The molecule has 0 radical (unpaired) electrons. The molecule has 0 bridgehead atoms. The molecule has 0 fully saturated rings. The Morgan fingerprint density at radius 1 is 1.10 bits per heavy atom. The summed E-state index contributed by atoms with van der Waals surface area (Å²) in [6, 6.07) is 15.7. The smallest absolute Gasteiger partial charge is 0.347 e. The molecule has 0 unspecified atom stereocenters. The molecular formula is C23H21NO7. The van der Waals surface area contributed by atoms with Crippen molar-refractivity contribution in [3.05, 3.63) is 77.4 Å². The second-order valence-corrected chi connectivity index (χ2v) is 6.42. The maximum atomic E-state index is 12.8. The number of nitrogens with one attached hydrogen (secondary N) is 1. The van der Waals surface area contributed by atoms with Gasteiger partial charge in [-0.2, -0.15) is 0 Å². The molecule has 2 N–H and O–H groups in total. The number of para-hydroxylation sites is 1. The minimum absolute atomic E-state index is 0.00882. The largest absolute Gasteiger partial charge is 0.493 e. The molecule has 0 saturated heterocycles. The van der Waals surface area contributed by atoms with Crippen LogP contribution in [0.3, 0.4) is 0 Å². The second-order valence-electron chi connectivity index (χ2n) is 6.42. The van der Waals surface area contributed by atoms with E-state index in [0.29, 0.717) is 17.0 Å². The number of anilines is 1. The van der Waals surface area contributed by atoms with Gasteiger partial charge in [-0.1, -0.05) is 30.3 Å². The van der Waals surface area contributed by atoms with Crippen molar-refractivity contribution in [1.29, 1.82) is 0 Å². The van der Waals surface area contributed by atoms with Gasteiger partial charge in [-0.05, 0) is 42.8 Å². The summed E-state index contributed by atoms with van der Waals surface area (Å²) in [7, 11) is 0. The zero-order chi connectivity index (χ0) is 22.2. The Labute approximate surface area is 178 Å². The van der Waals surface area contributed by atoms with Gasteiger partial charge in [-0.15, -0.1) is 0 Å². The zero-order valence-corrected chi connectivity index (χ0v) is 16.8. The van der Waals surface area contributed by atoms with E-state index in [1.165, 1.54) is 6.08 Å². The fourth-order valence-electron chi connectivity index (χ4n) is 2.73. The number of ketones is 1. The Morgan fingerprint density at radius 2 is 1.81 bits per heavy atom. The van der Waals surface area contributed by atoms with Crippen molar-refractivity contribution in [2.75, 3.05) is 18.5 Å². The van der Waals surface area contributed by atoms with Crippen molar-refractivity contribution in [1.82, 2.24) is 0 Å². The zero-order valence-electron chi connectivity index (χ0n) is 16.8. The van der Waals surface area contributed by atoms with Crippen LogP contribution in [0.2, 0.25) is 0 Å². The Morgan fingerprint density at radius 3 is 2.45 bits per heavy atom. The average Bonchev–Trinajstić information content (AvgIpc) is 3.04. The SMILES string of the molecule is CCOC(=O)C1=C(Nc2ccccc2)O/C(=C\c2ccc(OCCC(=O)O)cc2)C1=O. The van der Waals surface area contributed by atoms with Crippen LogP contribution in [0.25, 0.3) is 6.08 Å². The fraction of sp³-hybridized carbons (Fsp3) is 0.174. The molecule has 1 aliphatic heterocycles. The van der Waals surface area contributed by atoms with E-state index >= 15 is 0 Å².